The van der Waals surface area contributed by atoms with Crippen molar-refractivity contribution < 1.29 is 9.59 Å². The standard InChI is InChI=1S/C20H21N5O2S/c1-11-6-5-7-22-18(11)25-16(9-13(3)24-25)20(27)23-17-12(2)8-14(28)10-15(17)19(26)21-4/h5-10,28H,1-4H3,(H,21,26)(H,23,27). The summed E-state index contributed by atoms with van der Waals surface area (Å²) in [4.78, 5) is 30.3. The Hall–Kier alpha value is -3.13. The molecule has 0 unspecified atom stereocenters. The van der Waals surface area contributed by atoms with Gasteiger partial charge >= 0.3 is 0 Å². The fraction of sp³-hybridized carbons (Fsp3) is 0.200. The third-order valence-electron chi connectivity index (χ3n) is 4.28. The molecule has 0 aliphatic carbocycles. The molecule has 0 saturated carbocycles. The SMILES string of the molecule is CNC(=O)c1cc(S)cc(C)c1NC(=O)c1cc(C)nn1-c1ncccc1C. The van der Waals surface area contributed by atoms with Gasteiger partial charge in [0.25, 0.3) is 11.8 Å². The van der Waals surface area contributed by atoms with Crippen LogP contribution in [0.15, 0.2) is 41.4 Å². The summed E-state index contributed by atoms with van der Waals surface area (Å²) < 4.78 is 1.52. The van der Waals surface area contributed by atoms with Gasteiger partial charge in [0.15, 0.2) is 5.82 Å². The zero-order valence-corrected chi connectivity index (χ0v) is 17.0. The number of hydrogen-bond acceptors (Lipinski definition) is 5. The molecule has 0 aliphatic rings. The third kappa shape index (κ3) is 3.77. The number of nitrogens with one attached hydrogen (secondary N) is 2. The summed E-state index contributed by atoms with van der Waals surface area (Å²) >= 11 is 4.33. The van der Waals surface area contributed by atoms with Gasteiger partial charge in [-0.1, -0.05) is 6.07 Å². The summed E-state index contributed by atoms with van der Waals surface area (Å²) in [5.74, 6) is -0.111. The zero-order valence-electron chi connectivity index (χ0n) is 16.1. The molecular weight excluding hydrogens is 374 g/mol. The molecule has 0 radical (unpaired) electrons. The molecule has 2 aromatic heterocycles. The molecule has 0 fully saturated rings. The number of carbonyl (C=O) groups is 2. The Morgan fingerprint density at radius 1 is 1.07 bits per heavy atom. The van der Waals surface area contributed by atoms with Gasteiger partial charge in [-0.2, -0.15) is 5.10 Å². The van der Waals surface area contributed by atoms with Crippen LogP contribution in [0.1, 0.15) is 37.7 Å². The van der Waals surface area contributed by atoms with Gasteiger partial charge in [-0.3, -0.25) is 9.59 Å². The maximum Gasteiger partial charge on any atom is 0.274 e. The van der Waals surface area contributed by atoms with Crippen molar-refractivity contribution in [3.63, 3.8) is 0 Å². The molecule has 28 heavy (non-hydrogen) atoms. The second-order valence-corrected chi connectivity index (χ2v) is 6.96. The van der Waals surface area contributed by atoms with E-state index in [1.54, 1.807) is 24.4 Å². The number of amides is 2. The molecule has 0 atom stereocenters. The number of hydrogen-bond donors (Lipinski definition) is 3. The fourth-order valence-corrected chi connectivity index (χ4v) is 3.27. The summed E-state index contributed by atoms with van der Waals surface area (Å²) in [6, 6.07) is 8.82. The third-order valence-corrected chi connectivity index (χ3v) is 4.54. The first kappa shape index (κ1) is 19.6. The first-order valence-electron chi connectivity index (χ1n) is 8.67. The number of aromatic nitrogens is 3. The van der Waals surface area contributed by atoms with Crippen molar-refractivity contribution in [2.24, 2.45) is 0 Å². The maximum absolute atomic E-state index is 13.1. The van der Waals surface area contributed by atoms with Gasteiger partial charge in [-0.15, -0.1) is 12.6 Å². The van der Waals surface area contributed by atoms with Gasteiger partial charge < -0.3 is 10.6 Å². The van der Waals surface area contributed by atoms with Gasteiger partial charge in [0, 0.05) is 18.1 Å². The van der Waals surface area contributed by atoms with Crippen LogP contribution in [0.4, 0.5) is 5.69 Å². The number of carbonyl (C=O) groups excluding carboxylic acids is 2. The average Bonchev–Trinajstić information content (AvgIpc) is 3.05. The molecule has 3 aromatic rings. The van der Waals surface area contributed by atoms with Crippen LogP contribution in [0, 0.1) is 20.8 Å². The van der Waals surface area contributed by atoms with Crippen molar-refractivity contribution in [1.82, 2.24) is 20.1 Å². The van der Waals surface area contributed by atoms with Crippen LogP contribution in [-0.2, 0) is 0 Å². The van der Waals surface area contributed by atoms with Crippen LogP contribution >= 0.6 is 12.6 Å². The Morgan fingerprint density at radius 2 is 1.82 bits per heavy atom. The smallest absolute Gasteiger partial charge is 0.274 e. The zero-order chi connectivity index (χ0) is 20.4. The summed E-state index contributed by atoms with van der Waals surface area (Å²) in [6.07, 6.45) is 1.65. The van der Waals surface area contributed by atoms with E-state index in [9.17, 15) is 9.59 Å². The summed E-state index contributed by atoms with van der Waals surface area (Å²) in [5, 5.41) is 9.86. The minimum atomic E-state index is -0.383. The van der Waals surface area contributed by atoms with Crippen LogP contribution in [0.5, 0.6) is 0 Å². The Balaban J connectivity index is 2.05. The predicted octanol–water partition coefficient (Wildman–Crippen LogP) is 3.09. The lowest BCUT2D eigenvalue weighted by atomic mass is 10.1. The molecule has 0 saturated heterocycles. The van der Waals surface area contributed by atoms with E-state index in [0.29, 0.717) is 33.4 Å². The molecule has 7 nitrogen and oxygen atoms in total. The Bertz CT molecular complexity index is 1070. The number of rotatable bonds is 4. The van der Waals surface area contributed by atoms with Crippen molar-refractivity contribution in [2.75, 3.05) is 12.4 Å². The van der Waals surface area contributed by atoms with E-state index < -0.39 is 0 Å². The number of pyridine rings is 1. The number of thiol groups is 1. The molecule has 3 rings (SSSR count). The van der Waals surface area contributed by atoms with E-state index in [2.05, 4.69) is 33.3 Å². The highest BCUT2D eigenvalue weighted by Crippen LogP contribution is 2.26. The Labute approximate surface area is 168 Å². The Kier molecular flexibility index (Phi) is 5.51. The average molecular weight is 395 g/mol. The Morgan fingerprint density at radius 3 is 2.50 bits per heavy atom. The van der Waals surface area contributed by atoms with E-state index in [1.807, 2.05) is 32.9 Å². The molecule has 2 heterocycles. The van der Waals surface area contributed by atoms with E-state index in [4.69, 9.17) is 0 Å². The van der Waals surface area contributed by atoms with Crippen molar-refractivity contribution in [1.29, 1.82) is 0 Å². The first-order chi connectivity index (χ1) is 13.3. The van der Waals surface area contributed by atoms with Crippen molar-refractivity contribution >= 4 is 30.1 Å². The lowest BCUT2D eigenvalue weighted by Crippen LogP contribution is -2.23. The lowest BCUT2D eigenvalue weighted by molar-refractivity contribution is 0.0963. The minimum Gasteiger partial charge on any atom is -0.355 e. The highest BCUT2D eigenvalue weighted by atomic mass is 32.1. The second kappa shape index (κ2) is 7.85. The molecule has 0 bridgehead atoms. The van der Waals surface area contributed by atoms with Crippen LogP contribution in [0.3, 0.4) is 0 Å². The van der Waals surface area contributed by atoms with Crippen LogP contribution in [0.25, 0.3) is 5.82 Å². The minimum absolute atomic E-state index is 0.306. The highest BCUT2D eigenvalue weighted by Gasteiger charge is 2.21. The monoisotopic (exact) mass is 395 g/mol. The lowest BCUT2D eigenvalue weighted by Gasteiger charge is -2.15. The largest absolute Gasteiger partial charge is 0.355 e. The summed E-state index contributed by atoms with van der Waals surface area (Å²) in [5.41, 5.74) is 3.42. The van der Waals surface area contributed by atoms with Gasteiger partial charge in [0.1, 0.15) is 5.69 Å². The van der Waals surface area contributed by atoms with Crippen molar-refractivity contribution in [3.8, 4) is 5.82 Å². The molecule has 8 heteroatoms. The van der Waals surface area contributed by atoms with Crippen molar-refractivity contribution in [2.45, 2.75) is 25.7 Å². The molecular formula is C20H21N5O2S. The van der Waals surface area contributed by atoms with Gasteiger partial charge in [-0.05, 0) is 56.2 Å². The summed E-state index contributed by atoms with van der Waals surface area (Å²) in [7, 11) is 1.54. The van der Waals surface area contributed by atoms with E-state index >= 15 is 0 Å². The number of anilines is 1. The van der Waals surface area contributed by atoms with Crippen LogP contribution < -0.4 is 10.6 Å². The number of aryl methyl sites for hydroxylation is 3. The quantitative estimate of drug-likeness (QED) is 0.592. The molecule has 1 aromatic carbocycles. The normalized spacial score (nSPS) is 10.6. The van der Waals surface area contributed by atoms with Crippen molar-refractivity contribution in [3.05, 3.63) is 64.6 Å². The number of nitrogens with zero attached hydrogens (tertiary/aromatic N) is 3. The highest BCUT2D eigenvalue weighted by molar-refractivity contribution is 7.80. The van der Waals surface area contributed by atoms with E-state index in [1.165, 1.54) is 11.7 Å². The van der Waals surface area contributed by atoms with E-state index in [0.717, 1.165) is 11.1 Å². The second-order valence-electron chi connectivity index (χ2n) is 6.45. The van der Waals surface area contributed by atoms with E-state index in [-0.39, 0.29) is 11.8 Å². The molecule has 0 spiro atoms. The molecule has 2 amide bonds. The van der Waals surface area contributed by atoms with Crippen LogP contribution in [0.2, 0.25) is 0 Å². The van der Waals surface area contributed by atoms with Crippen LogP contribution in [-0.4, -0.2) is 33.6 Å². The molecule has 144 valence electrons. The number of benzene rings is 1. The molecule has 2 N–H and O–H groups in total. The summed E-state index contributed by atoms with van der Waals surface area (Å²) in [6.45, 7) is 5.52. The van der Waals surface area contributed by atoms with Gasteiger partial charge in [-0.25, -0.2) is 9.67 Å². The van der Waals surface area contributed by atoms with Gasteiger partial charge in [0.05, 0.1) is 16.9 Å². The maximum atomic E-state index is 13.1. The molecule has 0 aliphatic heterocycles. The van der Waals surface area contributed by atoms with Gasteiger partial charge in [0.2, 0.25) is 0 Å². The predicted molar refractivity (Wildman–Crippen MR) is 111 cm³/mol. The fourth-order valence-electron chi connectivity index (χ4n) is 2.95. The first-order valence-corrected chi connectivity index (χ1v) is 9.12. The topological polar surface area (TPSA) is 88.9 Å².